The third kappa shape index (κ3) is 3.79. The molecule has 3 N–H and O–H groups in total. The first-order valence-electron chi connectivity index (χ1n) is 5.07. The van der Waals surface area contributed by atoms with Gasteiger partial charge in [0, 0.05) is 6.26 Å². The van der Waals surface area contributed by atoms with Crippen molar-refractivity contribution in [2.45, 2.75) is 24.4 Å². The minimum atomic E-state index is -3.32. The average molecular weight is 257 g/mol. The molecule has 1 atom stereocenters. The Bertz CT molecular complexity index is 496. The highest BCUT2D eigenvalue weighted by Crippen LogP contribution is 2.10. The molecule has 1 rings (SSSR count). The zero-order chi connectivity index (χ0) is 13.1. The van der Waals surface area contributed by atoms with Crippen molar-refractivity contribution >= 4 is 21.4 Å². The zero-order valence-corrected chi connectivity index (χ0v) is 10.5. The molecule has 1 aromatic rings. The molecule has 94 valence electrons. The highest BCUT2D eigenvalue weighted by atomic mass is 32.2. The fourth-order valence-corrected chi connectivity index (χ4v) is 1.65. The fraction of sp³-hybridized carbons (Fsp3) is 0.400. The van der Waals surface area contributed by atoms with Gasteiger partial charge in [0.05, 0.1) is 17.9 Å². The number of hydrogen-bond acceptors (Lipinski definition) is 5. The highest BCUT2D eigenvalue weighted by molar-refractivity contribution is 7.90. The first-order valence-corrected chi connectivity index (χ1v) is 6.96. The van der Waals surface area contributed by atoms with Crippen molar-refractivity contribution < 1.29 is 13.2 Å². The van der Waals surface area contributed by atoms with Crippen molar-refractivity contribution in [3.05, 3.63) is 18.3 Å². The Morgan fingerprint density at radius 1 is 1.53 bits per heavy atom. The third-order valence-corrected chi connectivity index (χ3v) is 3.16. The smallest absolute Gasteiger partial charge is 0.241 e. The molecule has 0 unspecified atom stereocenters. The number of aromatic nitrogens is 1. The Morgan fingerprint density at radius 2 is 2.18 bits per heavy atom. The van der Waals surface area contributed by atoms with E-state index in [4.69, 9.17) is 5.73 Å². The molecule has 0 fully saturated rings. The third-order valence-electron chi connectivity index (χ3n) is 2.16. The van der Waals surface area contributed by atoms with Gasteiger partial charge in [0.25, 0.3) is 0 Å². The van der Waals surface area contributed by atoms with Crippen LogP contribution in [0.3, 0.4) is 0 Å². The van der Waals surface area contributed by atoms with Gasteiger partial charge in [0.15, 0.2) is 14.9 Å². The molecule has 0 radical (unpaired) electrons. The molecule has 6 nitrogen and oxygen atoms in total. The summed E-state index contributed by atoms with van der Waals surface area (Å²) in [6.45, 7) is 1.80. The molecular weight excluding hydrogens is 242 g/mol. The predicted octanol–water partition coefficient (Wildman–Crippen LogP) is 0.161. The van der Waals surface area contributed by atoms with Crippen LogP contribution in [0, 0.1) is 0 Å². The normalized spacial score (nSPS) is 13.1. The number of rotatable bonds is 4. The van der Waals surface area contributed by atoms with Crippen LogP contribution in [0.25, 0.3) is 0 Å². The van der Waals surface area contributed by atoms with Crippen molar-refractivity contribution in [3.8, 4) is 0 Å². The van der Waals surface area contributed by atoms with E-state index in [1.54, 1.807) is 6.92 Å². The van der Waals surface area contributed by atoms with Crippen molar-refractivity contribution in [2.75, 3.05) is 11.6 Å². The standard InChI is InChI=1S/C10H15N3O3S/c1-3-8(11)10(14)13-7-4-5-9(12-6-7)17(2,15)16/h4-6,8H,3,11H2,1-2H3,(H,13,14)/t8-/m0/s1. The second-order valence-electron chi connectivity index (χ2n) is 3.66. The monoisotopic (exact) mass is 257 g/mol. The Hall–Kier alpha value is -1.47. The number of anilines is 1. The summed E-state index contributed by atoms with van der Waals surface area (Å²) >= 11 is 0. The molecule has 17 heavy (non-hydrogen) atoms. The lowest BCUT2D eigenvalue weighted by Gasteiger charge is -2.09. The van der Waals surface area contributed by atoms with E-state index >= 15 is 0 Å². The van der Waals surface area contributed by atoms with E-state index in [0.29, 0.717) is 12.1 Å². The summed E-state index contributed by atoms with van der Waals surface area (Å²) in [6, 6.07) is 2.23. The second kappa shape index (κ2) is 5.24. The minimum Gasteiger partial charge on any atom is -0.323 e. The maximum atomic E-state index is 11.4. The largest absolute Gasteiger partial charge is 0.323 e. The number of hydrogen-bond donors (Lipinski definition) is 2. The van der Waals surface area contributed by atoms with Crippen LogP contribution in [0.1, 0.15) is 13.3 Å². The fourth-order valence-electron chi connectivity index (χ4n) is 1.09. The number of nitrogens with two attached hydrogens (primary N) is 1. The first kappa shape index (κ1) is 13.6. The topological polar surface area (TPSA) is 102 Å². The van der Waals surface area contributed by atoms with Crippen molar-refractivity contribution in [1.82, 2.24) is 4.98 Å². The van der Waals surface area contributed by atoms with Gasteiger partial charge in [0.1, 0.15) is 0 Å². The van der Waals surface area contributed by atoms with E-state index in [1.807, 2.05) is 0 Å². The molecule has 1 aromatic heterocycles. The van der Waals surface area contributed by atoms with Crippen LogP contribution in [0.4, 0.5) is 5.69 Å². The van der Waals surface area contributed by atoms with Gasteiger partial charge in [0.2, 0.25) is 5.91 Å². The van der Waals surface area contributed by atoms with Crippen LogP contribution >= 0.6 is 0 Å². The molecule has 0 aliphatic carbocycles. The van der Waals surface area contributed by atoms with Crippen LogP contribution in [0.2, 0.25) is 0 Å². The lowest BCUT2D eigenvalue weighted by molar-refractivity contribution is -0.117. The summed E-state index contributed by atoms with van der Waals surface area (Å²) in [6.07, 6.45) is 2.89. The van der Waals surface area contributed by atoms with Gasteiger partial charge >= 0.3 is 0 Å². The number of pyridine rings is 1. The number of carbonyl (C=O) groups excluding carboxylic acids is 1. The van der Waals surface area contributed by atoms with Gasteiger partial charge in [-0.2, -0.15) is 0 Å². The van der Waals surface area contributed by atoms with Gasteiger partial charge in [-0.3, -0.25) is 4.79 Å². The van der Waals surface area contributed by atoms with E-state index in [9.17, 15) is 13.2 Å². The van der Waals surface area contributed by atoms with Crippen LogP contribution < -0.4 is 11.1 Å². The number of sulfone groups is 1. The number of nitrogens with one attached hydrogen (secondary N) is 1. The summed E-state index contributed by atoms with van der Waals surface area (Å²) < 4.78 is 22.3. The molecule has 0 bridgehead atoms. The predicted molar refractivity (Wildman–Crippen MR) is 64.2 cm³/mol. The van der Waals surface area contributed by atoms with E-state index < -0.39 is 15.9 Å². The Labute approximate surface area is 100 Å². The van der Waals surface area contributed by atoms with Gasteiger partial charge in [-0.1, -0.05) is 6.92 Å². The van der Waals surface area contributed by atoms with Crippen molar-refractivity contribution in [2.24, 2.45) is 5.73 Å². The van der Waals surface area contributed by atoms with Gasteiger partial charge in [-0.25, -0.2) is 13.4 Å². The van der Waals surface area contributed by atoms with Crippen LogP contribution in [-0.4, -0.2) is 31.6 Å². The zero-order valence-electron chi connectivity index (χ0n) is 9.67. The first-order chi connectivity index (χ1) is 7.84. The maximum Gasteiger partial charge on any atom is 0.241 e. The van der Waals surface area contributed by atoms with E-state index in [1.165, 1.54) is 18.3 Å². The highest BCUT2D eigenvalue weighted by Gasteiger charge is 2.12. The van der Waals surface area contributed by atoms with Gasteiger partial charge in [-0.05, 0) is 18.6 Å². The Morgan fingerprint density at radius 3 is 2.59 bits per heavy atom. The van der Waals surface area contributed by atoms with Crippen molar-refractivity contribution in [1.29, 1.82) is 0 Å². The summed E-state index contributed by atoms with van der Waals surface area (Å²) in [5.74, 6) is -0.318. The van der Waals surface area contributed by atoms with Crippen LogP contribution in [-0.2, 0) is 14.6 Å². The summed E-state index contributed by atoms with van der Waals surface area (Å²) in [7, 11) is -3.32. The summed E-state index contributed by atoms with van der Waals surface area (Å²) in [5, 5.41) is 2.52. The van der Waals surface area contributed by atoms with E-state index in [2.05, 4.69) is 10.3 Å². The number of nitrogens with zero attached hydrogens (tertiary/aromatic N) is 1. The molecule has 1 amide bonds. The molecular formula is C10H15N3O3S. The second-order valence-corrected chi connectivity index (χ2v) is 5.62. The summed E-state index contributed by atoms with van der Waals surface area (Å²) in [4.78, 5) is 15.2. The quantitative estimate of drug-likeness (QED) is 0.800. The van der Waals surface area contributed by atoms with E-state index in [-0.39, 0.29) is 10.9 Å². The maximum absolute atomic E-state index is 11.4. The molecule has 0 spiro atoms. The summed E-state index contributed by atoms with van der Waals surface area (Å²) in [5.41, 5.74) is 5.96. The minimum absolute atomic E-state index is 0.0321. The average Bonchev–Trinajstić information content (AvgIpc) is 2.27. The molecule has 0 aromatic carbocycles. The molecule has 0 aliphatic heterocycles. The molecule has 7 heteroatoms. The Balaban J connectivity index is 2.79. The molecule has 0 saturated carbocycles. The lowest BCUT2D eigenvalue weighted by atomic mass is 10.2. The number of amides is 1. The van der Waals surface area contributed by atoms with E-state index in [0.717, 1.165) is 6.26 Å². The lowest BCUT2D eigenvalue weighted by Crippen LogP contribution is -2.34. The molecule has 1 heterocycles. The van der Waals surface area contributed by atoms with Gasteiger partial charge in [-0.15, -0.1) is 0 Å². The molecule has 0 aliphatic rings. The van der Waals surface area contributed by atoms with Crippen LogP contribution in [0.5, 0.6) is 0 Å². The Kier molecular flexibility index (Phi) is 4.19. The SMILES string of the molecule is CC[C@H](N)C(=O)Nc1ccc(S(C)(=O)=O)nc1. The van der Waals surface area contributed by atoms with Crippen LogP contribution in [0.15, 0.2) is 23.4 Å². The molecule has 0 saturated heterocycles. The number of carbonyl (C=O) groups is 1. The van der Waals surface area contributed by atoms with Gasteiger partial charge < -0.3 is 11.1 Å². The van der Waals surface area contributed by atoms with Crippen molar-refractivity contribution in [3.63, 3.8) is 0 Å².